The number of rotatable bonds is 8. The van der Waals surface area contributed by atoms with Crippen molar-refractivity contribution in [3.8, 4) is 0 Å². The standard InChI is InChI=1S/C13H29N5O.HI/c1-17(2)7-3-5-15-13(14)16-6-4-8-18-9-11-19-12-10-18;/h3-12H2,1-2H3,(H3,14,15,16);1H. The Morgan fingerprint density at radius 3 is 2.65 bits per heavy atom. The summed E-state index contributed by atoms with van der Waals surface area (Å²) in [6.45, 7) is 7.66. The second kappa shape index (κ2) is 12.6. The molecule has 1 heterocycles. The molecule has 0 unspecified atom stereocenters. The molecular formula is C13H30IN5O. The van der Waals surface area contributed by atoms with Crippen LogP contribution in [0.4, 0.5) is 0 Å². The number of nitrogens with one attached hydrogen (secondary N) is 1. The zero-order valence-corrected chi connectivity index (χ0v) is 15.1. The minimum atomic E-state index is 0. The molecule has 0 spiro atoms. The minimum absolute atomic E-state index is 0. The van der Waals surface area contributed by atoms with Crippen LogP contribution in [0.2, 0.25) is 0 Å². The maximum absolute atomic E-state index is 5.80. The number of nitrogens with zero attached hydrogens (tertiary/aromatic N) is 3. The molecule has 1 fully saturated rings. The van der Waals surface area contributed by atoms with Crippen molar-refractivity contribution in [1.82, 2.24) is 15.1 Å². The van der Waals surface area contributed by atoms with Crippen LogP contribution in [0.15, 0.2) is 4.99 Å². The summed E-state index contributed by atoms with van der Waals surface area (Å²) in [5.74, 6) is 0.570. The van der Waals surface area contributed by atoms with Gasteiger partial charge in [-0.05, 0) is 40.0 Å². The molecule has 0 bridgehead atoms. The SMILES string of the molecule is CN(C)CCCN=C(N)NCCCN1CCOCC1.I. The van der Waals surface area contributed by atoms with Crippen molar-refractivity contribution in [2.24, 2.45) is 10.7 Å². The van der Waals surface area contributed by atoms with Gasteiger partial charge in [0, 0.05) is 26.2 Å². The molecule has 0 radical (unpaired) electrons. The van der Waals surface area contributed by atoms with Gasteiger partial charge in [0.2, 0.25) is 0 Å². The second-order valence-corrected chi connectivity index (χ2v) is 5.16. The molecule has 0 aromatic carbocycles. The van der Waals surface area contributed by atoms with E-state index < -0.39 is 0 Å². The number of halogens is 1. The monoisotopic (exact) mass is 399 g/mol. The van der Waals surface area contributed by atoms with E-state index in [4.69, 9.17) is 10.5 Å². The van der Waals surface area contributed by atoms with Crippen molar-refractivity contribution in [3.05, 3.63) is 0 Å². The molecule has 0 amide bonds. The Hall–Kier alpha value is -0.120. The molecule has 1 rings (SSSR count). The number of aliphatic imine (C=N–C) groups is 1. The predicted octanol–water partition coefficient (Wildman–Crippen LogP) is 0.183. The van der Waals surface area contributed by atoms with Gasteiger partial charge in [0.25, 0.3) is 0 Å². The first-order valence-corrected chi connectivity index (χ1v) is 7.17. The molecule has 0 aliphatic carbocycles. The van der Waals surface area contributed by atoms with Crippen LogP contribution in [0.25, 0.3) is 0 Å². The van der Waals surface area contributed by atoms with E-state index in [2.05, 4.69) is 34.2 Å². The van der Waals surface area contributed by atoms with Crippen molar-refractivity contribution in [1.29, 1.82) is 0 Å². The third-order valence-electron chi connectivity index (χ3n) is 3.11. The Morgan fingerprint density at radius 2 is 2.00 bits per heavy atom. The average molecular weight is 399 g/mol. The highest BCUT2D eigenvalue weighted by molar-refractivity contribution is 14.0. The smallest absolute Gasteiger partial charge is 0.188 e. The van der Waals surface area contributed by atoms with Crippen LogP contribution in [0.3, 0.4) is 0 Å². The fraction of sp³-hybridized carbons (Fsp3) is 0.923. The third kappa shape index (κ3) is 10.6. The van der Waals surface area contributed by atoms with Crippen molar-refractivity contribution >= 4 is 29.9 Å². The van der Waals surface area contributed by atoms with E-state index in [-0.39, 0.29) is 24.0 Å². The maximum atomic E-state index is 5.80. The lowest BCUT2D eigenvalue weighted by atomic mass is 10.3. The summed E-state index contributed by atoms with van der Waals surface area (Å²) in [6.07, 6.45) is 2.14. The zero-order chi connectivity index (χ0) is 13.9. The number of morpholine rings is 1. The lowest BCUT2D eigenvalue weighted by Crippen LogP contribution is -2.39. The molecule has 0 saturated carbocycles. The van der Waals surface area contributed by atoms with Gasteiger partial charge < -0.3 is 20.7 Å². The van der Waals surface area contributed by atoms with Gasteiger partial charge in [0.05, 0.1) is 13.2 Å². The summed E-state index contributed by atoms with van der Waals surface area (Å²) < 4.78 is 5.32. The van der Waals surface area contributed by atoms with E-state index in [0.717, 1.165) is 65.3 Å². The van der Waals surface area contributed by atoms with Gasteiger partial charge in [-0.25, -0.2) is 0 Å². The number of nitrogens with two attached hydrogens (primary N) is 1. The van der Waals surface area contributed by atoms with E-state index in [1.807, 2.05) is 0 Å². The van der Waals surface area contributed by atoms with E-state index in [0.29, 0.717) is 5.96 Å². The summed E-state index contributed by atoms with van der Waals surface area (Å²) in [5.41, 5.74) is 5.80. The number of guanidine groups is 1. The van der Waals surface area contributed by atoms with Crippen molar-refractivity contribution < 1.29 is 4.74 Å². The molecule has 6 nitrogen and oxygen atoms in total. The molecule has 120 valence electrons. The minimum Gasteiger partial charge on any atom is -0.379 e. The summed E-state index contributed by atoms with van der Waals surface area (Å²) in [7, 11) is 4.13. The van der Waals surface area contributed by atoms with Gasteiger partial charge in [-0.2, -0.15) is 0 Å². The van der Waals surface area contributed by atoms with Gasteiger partial charge in [-0.15, -0.1) is 24.0 Å². The third-order valence-corrected chi connectivity index (χ3v) is 3.11. The highest BCUT2D eigenvalue weighted by atomic mass is 127. The Morgan fingerprint density at radius 1 is 1.30 bits per heavy atom. The van der Waals surface area contributed by atoms with Gasteiger partial charge in [-0.3, -0.25) is 9.89 Å². The molecule has 20 heavy (non-hydrogen) atoms. The first-order chi connectivity index (χ1) is 9.18. The highest BCUT2D eigenvalue weighted by Gasteiger charge is 2.08. The van der Waals surface area contributed by atoms with Crippen LogP contribution in [-0.4, -0.2) is 82.3 Å². The lowest BCUT2D eigenvalue weighted by Gasteiger charge is -2.26. The Kier molecular flexibility index (Phi) is 12.5. The first-order valence-electron chi connectivity index (χ1n) is 7.17. The zero-order valence-electron chi connectivity index (χ0n) is 12.8. The molecule has 1 aliphatic rings. The van der Waals surface area contributed by atoms with E-state index in [1.165, 1.54) is 0 Å². The molecule has 0 aromatic heterocycles. The highest BCUT2D eigenvalue weighted by Crippen LogP contribution is 1.97. The van der Waals surface area contributed by atoms with Gasteiger partial charge in [-0.1, -0.05) is 0 Å². The van der Waals surface area contributed by atoms with E-state index in [9.17, 15) is 0 Å². The van der Waals surface area contributed by atoms with Crippen LogP contribution in [0, 0.1) is 0 Å². The van der Waals surface area contributed by atoms with Crippen molar-refractivity contribution in [3.63, 3.8) is 0 Å². The molecule has 3 N–H and O–H groups in total. The molecule has 0 atom stereocenters. The number of ether oxygens (including phenoxy) is 1. The van der Waals surface area contributed by atoms with E-state index >= 15 is 0 Å². The van der Waals surface area contributed by atoms with Gasteiger partial charge >= 0.3 is 0 Å². The molecule has 7 heteroatoms. The molecule has 1 saturated heterocycles. The second-order valence-electron chi connectivity index (χ2n) is 5.16. The largest absolute Gasteiger partial charge is 0.379 e. The fourth-order valence-corrected chi connectivity index (χ4v) is 1.99. The van der Waals surface area contributed by atoms with Crippen molar-refractivity contribution in [2.45, 2.75) is 12.8 Å². The normalized spacial score (nSPS) is 17.1. The average Bonchev–Trinajstić information content (AvgIpc) is 2.41. The van der Waals surface area contributed by atoms with Gasteiger partial charge in [0.15, 0.2) is 5.96 Å². The lowest BCUT2D eigenvalue weighted by molar-refractivity contribution is 0.0376. The number of hydrogen-bond donors (Lipinski definition) is 2. The summed E-state index contributed by atoms with van der Waals surface area (Å²) >= 11 is 0. The molecule has 0 aromatic rings. The topological polar surface area (TPSA) is 66.1 Å². The molecular weight excluding hydrogens is 369 g/mol. The summed E-state index contributed by atoms with van der Waals surface area (Å²) in [6, 6.07) is 0. The van der Waals surface area contributed by atoms with Crippen LogP contribution in [-0.2, 0) is 4.74 Å². The Balaban J connectivity index is 0.00000361. The van der Waals surface area contributed by atoms with Crippen LogP contribution >= 0.6 is 24.0 Å². The van der Waals surface area contributed by atoms with Gasteiger partial charge in [0.1, 0.15) is 0 Å². The summed E-state index contributed by atoms with van der Waals surface area (Å²) in [4.78, 5) is 8.88. The number of hydrogen-bond acceptors (Lipinski definition) is 4. The van der Waals surface area contributed by atoms with Crippen molar-refractivity contribution in [2.75, 3.05) is 66.6 Å². The molecule has 1 aliphatic heterocycles. The Labute approximate surface area is 140 Å². The first kappa shape index (κ1) is 19.9. The van der Waals surface area contributed by atoms with Crippen LogP contribution < -0.4 is 11.1 Å². The van der Waals surface area contributed by atoms with E-state index in [1.54, 1.807) is 0 Å². The fourth-order valence-electron chi connectivity index (χ4n) is 1.99. The maximum Gasteiger partial charge on any atom is 0.188 e. The quantitative estimate of drug-likeness (QED) is 0.264. The van der Waals surface area contributed by atoms with Crippen LogP contribution in [0.1, 0.15) is 12.8 Å². The predicted molar refractivity (Wildman–Crippen MR) is 95.0 cm³/mol. The summed E-state index contributed by atoms with van der Waals surface area (Å²) in [5, 5.41) is 3.17. The Bertz CT molecular complexity index is 257. The van der Waals surface area contributed by atoms with Crippen LogP contribution in [0.5, 0.6) is 0 Å².